The topological polar surface area (TPSA) is 110 Å². The van der Waals surface area contributed by atoms with Gasteiger partial charge >= 0.3 is 0 Å². The van der Waals surface area contributed by atoms with E-state index < -0.39 is 0 Å². The third-order valence-electron chi connectivity index (χ3n) is 2.46. The molecule has 1 aromatic rings. The molecule has 0 fully saturated rings. The largest absolute Gasteiger partial charge is 0.397 e. The summed E-state index contributed by atoms with van der Waals surface area (Å²) in [6.45, 7) is 0.604. The minimum Gasteiger partial charge on any atom is -0.397 e. The van der Waals surface area contributed by atoms with Crippen LogP contribution in [0.25, 0.3) is 0 Å². The number of carbonyl (C=O) groups excluding carboxylic acids is 2. The molecule has 0 aromatic heterocycles. The van der Waals surface area contributed by atoms with Crippen molar-refractivity contribution in [2.75, 3.05) is 24.6 Å². The van der Waals surface area contributed by atoms with Gasteiger partial charge in [0.25, 0.3) is 5.91 Å². The lowest BCUT2D eigenvalue weighted by atomic mass is 10.1. The molecule has 0 aliphatic rings. The molecular weight excluding hydrogens is 232 g/mol. The van der Waals surface area contributed by atoms with E-state index in [1.807, 2.05) is 0 Å². The second-order valence-electron chi connectivity index (χ2n) is 3.88. The molecule has 0 saturated heterocycles. The number of benzene rings is 1. The summed E-state index contributed by atoms with van der Waals surface area (Å²) in [5.74, 6) is -0.498. The van der Waals surface area contributed by atoms with Crippen molar-refractivity contribution in [3.05, 3.63) is 23.8 Å². The number of hydrogen-bond donors (Lipinski definition) is 4. The third-order valence-corrected chi connectivity index (χ3v) is 2.46. The van der Waals surface area contributed by atoms with E-state index in [2.05, 4.69) is 10.6 Å². The maximum atomic E-state index is 11.4. The van der Waals surface area contributed by atoms with Crippen molar-refractivity contribution in [1.82, 2.24) is 5.32 Å². The summed E-state index contributed by atoms with van der Waals surface area (Å²) in [7, 11) is 1.56. The van der Waals surface area contributed by atoms with Gasteiger partial charge in [0, 0.05) is 25.6 Å². The Hall–Kier alpha value is -2.24. The molecule has 6 heteroatoms. The first-order valence-electron chi connectivity index (χ1n) is 5.68. The molecule has 98 valence electrons. The van der Waals surface area contributed by atoms with Crippen LogP contribution in [0.1, 0.15) is 23.2 Å². The fraction of sp³-hybridized carbons (Fsp3) is 0.333. The SMILES string of the molecule is CNC(=O)c1ccc(NCCCC(N)=O)c(N)c1. The fourth-order valence-corrected chi connectivity index (χ4v) is 1.49. The summed E-state index contributed by atoms with van der Waals surface area (Å²) in [6.07, 6.45) is 0.981. The Labute approximate surface area is 106 Å². The van der Waals surface area contributed by atoms with E-state index in [-0.39, 0.29) is 11.8 Å². The van der Waals surface area contributed by atoms with Crippen LogP contribution in [0.2, 0.25) is 0 Å². The van der Waals surface area contributed by atoms with E-state index in [1.165, 1.54) is 0 Å². The van der Waals surface area contributed by atoms with Crippen LogP contribution in [0.3, 0.4) is 0 Å². The van der Waals surface area contributed by atoms with Gasteiger partial charge in [0.05, 0.1) is 11.4 Å². The molecule has 6 N–H and O–H groups in total. The van der Waals surface area contributed by atoms with Crippen LogP contribution in [-0.4, -0.2) is 25.4 Å². The summed E-state index contributed by atoms with van der Waals surface area (Å²) in [6, 6.07) is 5.03. The first-order chi connectivity index (χ1) is 8.54. The van der Waals surface area contributed by atoms with E-state index in [9.17, 15) is 9.59 Å². The lowest BCUT2D eigenvalue weighted by Gasteiger charge is -2.10. The highest BCUT2D eigenvalue weighted by molar-refractivity contribution is 5.95. The van der Waals surface area contributed by atoms with E-state index in [4.69, 9.17) is 11.5 Å². The quantitative estimate of drug-likeness (QED) is 0.430. The third kappa shape index (κ3) is 3.97. The van der Waals surface area contributed by atoms with Crippen molar-refractivity contribution in [2.24, 2.45) is 5.73 Å². The lowest BCUT2D eigenvalue weighted by molar-refractivity contribution is -0.118. The smallest absolute Gasteiger partial charge is 0.251 e. The molecule has 0 aliphatic heterocycles. The number of rotatable bonds is 6. The summed E-state index contributed by atoms with van der Waals surface area (Å²) in [5, 5.41) is 5.61. The predicted octanol–water partition coefficient (Wildman–Crippen LogP) is 0.306. The molecule has 0 atom stereocenters. The van der Waals surface area contributed by atoms with Crippen LogP contribution >= 0.6 is 0 Å². The van der Waals surface area contributed by atoms with Crippen LogP contribution in [0.4, 0.5) is 11.4 Å². The van der Waals surface area contributed by atoms with Gasteiger partial charge in [-0.1, -0.05) is 0 Å². The summed E-state index contributed by atoms with van der Waals surface area (Å²) >= 11 is 0. The fourth-order valence-electron chi connectivity index (χ4n) is 1.49. The molecule has 6 nitrogen and oxygen atoms in total. The van der Waals surface area contributed by atoms with Crippen molar-refractivity contribution >= 4 is 23.2 Å². The molecule has 0 saturated carbocycles. The number of primary amides is 1. The highest BCUT2D eigenvalue weighted by atomic mass is 16.1. The van der Waals surface area contributed by atoms with Gasteiger partial charge < -0.3 is 22.1 Å². The molecule has 0 bridgehead atoms. The van der Waals surface area contributed by atoms with E-state index >= 15 is 0 Å². The molecule has 0 heterocycles. The maximum absolute atomic E-state index is 11.4. The normalized spacial score (nSPS) is 9.83. The average molecular weight is 250 g/mol. The van der Waals surface area contributed by atoms with E-state index in [1.54, 1.807) is 25.2 Å². The first-order valence-corrected chi connectivity index (χ1v) is 5.68. The number of nitrogens with one attached hydrogen (secondary N) is 2. The monoisotopic (exact) mass is 250 g/mol. The summed E-state index contributed by atoms with van der Waals surface area (Å²) in [5.41, 5.74) is 12.6. The van der Waals surface area contributed by atoms with Crippen molar-refractivity contribution in [3.63, 3.8) is 0 Å². The molecule has 0 aliphatic carbocycles. The molecule has 0 radical (unpaired) electrons. The molecular formula is C12H18N4O2. The highest BCUT2D eigenvalue weighted by Crippen LogP contribution is 2.19. The van der Waals surface area contributed by atoms with E-state index in [0.717, 1.165) is 5.69 Å². The Kier molecular flexibility index (Phi) is 4.98. The van der Waals surface area contributed by atoms with Gasteiger partial charge in [-0.3, -0.25) is 9.59 Å². The number of nitrogen functional groups attached to an aromatic ring is 1. The van der Waals surface area contributed by atoms with Crippen LogP contribution in [0, 0.1) is 0 Å². The van der Waals surface area contributed by atoms with Gasteiger partial charge in [-0.15, -0.1) is 0 Å². The van der Waals surface area contributed by atoms with Gasteiger partial charge in [0.1, 0.15) is 0 Å². The number of nitrogens with two attached hydrogens (primary N) is 2. The number of hydrogen-bond acceptors (Lipinski definition) is 4. The van der Waals surface area contributed by atoms with Crippen LogP contribution in [0.15, 0.2) is 18.2 Å². The van der Waals surface area contributed by atoms with Gasteiger partial charge in [-0.25, -0.2) is 0 Å². The Bertz CT molecular complexity index is 446. The van der Waals surface area contributed by atoms with Gasteiger partial charge in [-0.2, -0.15) is 0 Å². The summed E-state index contributed by atoms with van der Waals surface area (Å²) < 4.78 is 0. The predicted molar refractivity (Wildman–Crippen MR) is 71.2 cm³/mol. The zero-order chi connectivity index (χ0) is 13.5. The Morgan fingerprint density at radius 1 is 1.33 bits per heavy atom. The van der Waals surface area contributed by atoms with E-state index in [0.29, 0.717) is 30.6 Å². The zero-order valence-electron chi connectivity index (χ0n) is 10.3. The van der Waals surface area contributed by atoms with Gasteiger partial charge in [0.2, 0.25) is 5.91 Å². The molecule has 1 rings (SSSR count). The standard InChI is InChI=1S/C12H18N4O2/c1-15-12(18)8-4-5-10(9(13)7-8)16-6-2-3-11(14)17/h4-5,7,16H,2-3,6,13H2,1H3,(H2,14,17)(H,15,18). The Balaban J connectivity index is 2.57. The van der Waals surface area contributed by atoms with Gasteiger partial charge in [0.15, 0.2) is 0 Å². The van der Waals surface area contributed by atoms with Crippen LogP contribution in [0.5, 0.6) is 0 Å². The summed E-state index contributed by atoms with van der Waals surface area (Å²) in [4.78, 5) is 21.9. The van der Waals surface area contributed by atoms with Crippen LogP contribution < -0.4 is 22.1 Å². The Morgan fingerprint density at radius 2 is 2.06 bits per heavy atom. The second kappa shape index (κ2) is 6.48. The molecule has 1 aromatic carbocycles. The van der Waals surface area contributed by atoms with Crippen molar-refractivity contribution in [2.45, 2.75) is 12.8 Å². The number of amides is 2. The van der Waals surface area contributed by atoms with Crippen molar-refractivity contribution in [3.8, 4) is 0 Å². The van der Waals surface area contributed by atoms with Crippen molar-refractivity contribution in [1.29, 1.82) is 0 Å². The molecule has 0 unspecified atom stereocenters. The van der Waals surface area contributed by atoms with Crippen molar-refractivity contribution < 1.29 is 9.59 Å². The minimum atomic E-state index is -0.320. The van der Waals surface area contributed by atoms with Crippen LogP contribution in [-0.2, 0) is 4.79 Å². The lowest BCUT2D eigenvalue weighted by Crippen LogP contribution is -2.18. The van der Waals surface area contributed by atoms with Gasteiger partial charge in [-0.05, 0) is 24.6 Å². The molecule has 2 amide bonds. The Morgan fingerprint density at radius 3 is 2.61 bits per heavy atom. The highest BCUT2D eigenvalue weighted by Gasteiger charge is 2.06. The number of carbonyl (C=O) groups is 2. The first kappa shape index (κ1) is 13.8. The maximum Gasteiger partial charge on any atom is 0.251 e. The molecule has 18 heavy (non-hydrogen) atoms. The average Bonchev–Trinajstić information content (AvgIpc) is 2.34. The number of anilines is 2. The molecule has 0 spiro atoms. The zero-order valence-corrected chi connectivity index (χ0v) is 10.3. The minimum absolute atomic E-state index is 0.179. The second-order valence-corrected chi connectivity index (χ2v) is 3.88.